The van der Waals surface area contributed by atoms with Crippen LogP contribution in [0.25, 0.3) is 0 Å². The maximum absolute atomic E-state index is 13.6. The molecule has 0 radical (unpaired) electrons. The molecule has 3 nitrogen and oxygen atoms in total. The number of anilines is 2. The van der Waals surface area contributed by atoms with Gasteiger partial charge in [-0.15, -0.1) is 0 Å². The van der Waals surface area contributed by atoms with Gasteiger partial charge in [0.1, 0.15) is 5.82 Å². The first kappa shape index (κ1) is 15.0. The van der Waals surface area contributed by atoms with Crippen LogP contribution in [0.4, 0.5) is 15.8 Å². The van der Waals surface area contributed by atoms with E-state index in [1.165, 1.54) is 13.0 Å². The van der Waals surface area contributed by atoms with E-state index in [-0.39, 0.29) is 11.3 Å². The lowest BCUT2D eigenvalue weighted by Gasteiger charge is -2.11. The van der Waals surface area contributed by atoms with Gasteiger partial charge in [-0.1, -0.05) is 24.3 Å². The molecule has 21 heavy (non-hydrogen) atoms. The number of hydrogen-bond acceptors (Lipinski definition) is 3. The standard InChI is InChI=1S/C17H19FN2O/c1-13(21)17-15(18)9-5-10-16(17)20-12-6-11-19-14-7-3-2-4-8-14/h2-5,7-10,19-20H,6,11-12H2,1H3. The van der Waals surface area contributed by atoms with Crippen LogP contribution in [-0.2, 0) is 0 Å². The van der Waals surface area contributed by atoms with Crippen LogP contribution in [0.3, 0.4) is 0 Å². The van der Waals surface area contributed by atoms with Crippen molar-refractivity contribution in [2.45, 2.75) is 13.3 Å². The second kappa shape index (κ2) is 7.43. The highest BCUT2D eigenvalue weighted by Crippen LogP contribution is 2.19. The summed E-state index contributed by atoms with van der Waals surface area (Å²) in [5.41, 5.74) is 1.77. The van der Waals surface area contributed by atoms with Crippen molar-refractivity contribution in [2.75, 3.05) is 23.7 Å². The molecule has 2 N–H and O–H groups in total. The van der Waals surface area contributed by atoms with Gasteiger partial charge in [0.25, 0.3) is 0 Å². The number of para-hydroxylation sites is 1. The molecule has 0 saturated carbocycles. The fraction of sp³-hybridized carbons (Fsp3) is 0.235. The number of ketones is 1. The summed E-state index contributed by atoms with van der Waals surface area (Å²) in [6.45, 7) is 2.85. The van der Waals surface area contributed by atoms with Crippen LogP contribution in [0.15, 0.2) is 48.5 Å². The number of hydrogen-bond donors (Lipinski definition) is 2. The Bertz CT molecular complexity index is 599. The molecular weight excluding hydrogens is 267 g/mol. The lowest BCUT2D eigenvalue weighted by atomic mass is 10.1. The smallest absolute Gasteiger partial charge is 0.164 e. The Morgan fingerprint density at radius 1 is 1.00 bits per heavy atom. The fourth-order valence-corrected chi connectivity index (χ4v) is 2.13. The van der Waals surface area contributed by atoms with Gasteiger partial charge in [-0.05, 0) is 37.6 Å². The molecule has 0 unspecified atom stereocenters. The van der Waals surface area contributed by atoms with Crippen molar-refractivity contribution in [3.05, 3.63) is 59.9 Å². The molecule has 2 rings (SSSR count). The molecule has 110 valence electrons. The van der Waals surface area contributed by atoms with Gasteiger partial charge in [0, 0.05) is 24.5 Å². The normalized spacial score (nSPS) is 10.2. The van der Waals surface area contributed by atoms with Gasteiger partial charge in [-0.2, -0.15) is 0 Å². The van der Waals surface area contributed by atoms with Crippen LogP contribution < -0.4 is 10.6 Å². The highest BCUT2D eigenvalue weighted by atomic mass is 19.1. The molecule has 2 aromatic carbocycles. The van der Waals surface area contributed by atoms with E-state index < -0.39 is 5.82 Å². The number of carbonyl (C=O) groups excluding carboxylic acids is 1. The van der Waals surface area contributed by atoms with Crippen LogP contribution in [0, 0.1) is 5.82 Å². The Morgan fingerprint density at radius 3 is 2.43 bits per heavy atom. The molecule has 0 bridgehead atoms. The lowest BCUT2D eigenvalue weighted by Crippen LogP contribution is -2.12. The molecular formula is C17H19FN2O. The number of nitrogens with one attached hydrogen (secondary N) is 2. The van der Waals surface area contributed by atoms with Gasteiger partial charge < -0.3 is 10.6 Å². The summed E-state index contributed by atoms with van der Waals surface area (Å²) in [5, 5.41) is 6.42. The minimum Gasteiger partial charge on any atom is -0.385 e. The van der Waals surface area contributed by atoms with Crippen molar-refractivity contribution in [3.8, 4) is 0 Å². The molecule has 0 amide bonds. The van der Waals surface area contributed by atoms with Crippen LogP contribution in [0.2, 0.25) is 0 Å². The van der Waals surface area contributed by atoms with E-state index in [9.17, 15) is 9.18 Å². The predicted octanol–water partition coefficient (Wildman–Crippen LogP) is 3.94. The summed E-state index contributed by atoms with van der Waals surface area (Å²) in [6, 6.07) is 14.6. The summed E-state index contributed by atoms with van der Waals surface area (Å²) >= 11 is 0. The molecule has 0 aliphatic rings. The number of carbonyl (C=O) groups is 1. The van der Waals surface area contributed by atoms with E-state index in [0.29, 0.717) is 12.2 Å². The third-order valence-corrected chi connectivity index (χ3v) is 3.14. The summed E-state index contributed by atoms with van der Waals surface area (Å²) in [7, 11) is 0. The SMILES string of the molecule is CC(=O)c1c(F)cccc1NCCCNc1ccccc1. The first-order chi connectivity index (χ1) is 10.2. The molecule has 2 aromatic rings. The zero-order chi connectivity index (χ0) is 15.1. The topological polar surface area (TPSA) is 41.1 Å². The van der Waals surface area contributed by atoms with E-state index in [2.05, 4.69) is 10.6 Å². The van der Waals surface area contributed by atoms with E-state index in [1.54, 1.807) is 12.1 Å². The monoisotopic (exact) mass is 286 g/mol. The first-order valence-corrected chi connectivity index (χ1v) is 7.00. The number of benzene rings is 2. The largest absolute Gasteiger partial charge is 0.385 e. The van der Waals surface area contributed by atoms with Crippen LogP contribution >= 0.6 is 0 Å². The molecule has 0 aliphatic carbocycles. The minimum atomic E-state index is -0.477. The molecule has 0 fully saturated rings. The molecule has 0 aromatic heterocycles. The Morgan fingerprint density at radius 2 is 1.71 bits per heavy atom. The first-order valence-electron chi connectivity index (χ1n) is 7.00. The summed E-state index contributed by atoms with van der Waals surface area (Å²) in [5.74, 6) is -0.743. The van der Waals surface area contributed by atoms with Crippen molar-refractivity contribution in [2.24, 2.45) is 0 Å². The van der Waals surface area contributed by atoms with E-state index in [1.807, 2.05) is 30.3 Å². The molecule has 0 spiro atoms. The van der Waals surface area contributed by atoms with Crippen molar-refractivity contribution in [1.82, 2.24) is 0 Å². The van der Waals surface area contributed by atoms with Gasteiger partial charge in [-0.25, -0.2) is 4.39 Å². The number of Topliss-reactive ketones (excluding diaryl/α,β-unsaturated/α-hetero) is 1. The number of rotatable bonds is 7. The number of halogens is 1. The molecule has 0 saturated heterocycles. The average Bonchev–Trinajstić information content (AvgIpc) is 2.47. The molecule has 0 atom stereocenters. The Kier molecular flexibility index (Phi) is 5.32. The van der Waals surface area contributed by atoms with Gasteiger partial charge in [-0.3, -0.25) is 4.79 Å². The highest BCUT2D eigenvalue weighted by Gasteiger charge is 2.11. The maximum atomic E-state index is 13.6. The van der Waals surface area contributed by atoms with E-state index >= 15 is 0 Å². The maximum Gasteiger partial charge on any atom is 0.164 e. The second-order valence-electron chi connectivity index (χ2n) is 4.79. The van der Waals surface area contributed by atoms with Gasteiger partial charge >= 0.3 is 0 Å². The molecule has 0 heterocycles. The van der Waals surface area contributed by atoms with Crippen molar-refractivity contribution in [3.63, 3.8) is 0 Å². The van der Waals surface area contributed by atoms with Crippen molar-refractivity contribution >= 4 is 17.2 Å². The van der Waals surface area contributed by atoms with Crippen LogP contribution in [-0.4, -0.2) is 18.9 Å². The Hall–Kier alpha value is -2.36. The fourth-order valence-electron chi connectivity index (χ4n) is 2.13. The zero-order valence-corrected chi connectivity index (χ0v) is 12.0. The second-order valence-corrected chi connectivity index (χ2v) is 4.79. The van der Waals surface area contributed by atoms with E-state index in [4.69, 9.17) is 0 Å². The van der Waals surface area contributed by atoms with Crippen molar-refractivity contribution < 1.29 is 9.18 Å². The Balaban J connectivity index is 1.81. The third kappa shape index (κ3) is 4.31. The summed E-state index contributed by atoms with van der Waals surface area (Å²) in [6.07, 6.45) is 0.864. The van der Waals surface area contributed by atoms with Crippen molar-refractivity contribution in [1.29, 1.82) is 0 Å². The van der Waals surface area contributed by atoms with E-state index in [0.717, 1.165) is 18.7 Å². The Labute approximate surface area is 124 Å². The van der Waals surface area contributed by atoms with Gasteiger partial charge in [0.2, 0.25) is 0 Å². The third-order valence-electron chi connectivity index (χ3n) is 3.14. The van der Waals surface area contributed by atoms with Crippen LogP contribution in [0.5, 0.6) is 0 Å². The van der Waals surface area contributed by atoms with Gasteiger partial charge in [0.15, 0.2) is 5.78 Å². The lowest BCUT2D eigenvalue weighted by molar-refractivity contribution is 0.101. The minimum absolute atomic E-state index is 0.133. The average molecular weight is 286 g/mol. The molecule has 0 aliphatic heterocycles. The van der Waals surface area contributed by atoms with Gasteiger partial charge in [0.05, 0.1) is 5.56 Å². The zero-order valence-electron chi connectivity index (χ0n) is 12.0. The summed E-state index contributed by atoms with van der Waals surface area (Å²) < 4.78 is 13.6. The molecule has 4 heteroatoms. The quantitative estimate of drug-likeness (QED) is 0.598. The van der Waals surface area contributed by atoms with Crippen LogP contribution in [0.1, 0.15) is 23.7 Å². The highest BCUT2D eigenvalue weighted by molar-refractivity contribution is 5.99. The predicted molar refractivity (Wildman–Crippen MR) is 84.4 cm³/mol. The summed E-state index contributed by atoms with van der Waals surface area (Å²) in [4.78, 5) is 11.5.